The lowest BCUT2D eigenvalue weighted by Gasteiger charge is -2.14. The number of hydrogen-bond donors (Lipinski definition) is 1. The summed E-state index contributed by atoms with van der Waals surface area (Å²) in [6.45, 7) is 5.20. The summed E-state index contributed by atoms with van der Waals surface area (Å²) in [5.41, 5.74) is 1.43. The second-order valence-electron chi connectivity index (χ2n) is 4.64. The standard InChI is InChI=1S/C16H21NO5/c1-4-21-15(19)14(16(20)22-5-2)10-12-6-8-13(9-7-12)17-11(3)18/h6-9,14H,4-5,10H2,1-3H3,(H,17,18). The number of rotatable bonds is 7. The highest BCUT2D eigenvalue weighted by Gasteiger charge is 2.29. The van der Waals surface area contributed by atoms with Gasteiger partial charge in [0.1, 0.15) is 0 Å². The molecule has 1 N–H and O–H groups in total. The predicted octanol–water partition coefficient (Wildman–Crippen LogP) is 1.93. The van der Waals surface area contributed by atoms with Crippen LogP contribution < -0.4 is 5.32 Å². The second-order valence-corrected chi connectivity index (χ2v) is 4.64. The van der Waals surface area contributed by atoms with Crippen LogP contribution in [0.1, 0.15) is 26.3 Å². The topological polar surface area (TPSA) is 81.7 Å². The van der Waals surface area contributed by atoms with Crippen molar-refractivity contribution in [1.29, 1.82) is 0 Å². The lowest BCUT2D eigenvalue weighted by atomic mass is 9.99. The second kappa shape index (κ2) is 8.81. The van der Waals surface area contributed by atoms with E-state index in [-0.39, 0.29) is 25.5 Å². The van der Waals surface area contributed by atoms with Crippen molar-refractivity contribution in [1.82, 2.24) is 0 Å². The fourth-order valence-electron chi connectivity index (χ4n) is 1.91. The van der Waals surface area contributed by atoms with E-state index in [0.29, 0.717) is 5.69 Å². The van der Waals surface area contributed by atoms with E-state index >= 15 is 0 Å². The Morgan fingerprint density at radius 3 is 1.91 bits per heavy atom. The molecule has 0 fully saturated rings. The van der Waals surface area contributed by atoms with Crippen LogP contribution >= 0.6 is 0 Å². The monoisotopic (exact) mass is 307 g/mol. The molecule has 1 aromatic rings. The lowest BCUT2D eigenvalue weighted by molar-refractivity contribution is -0.161. The molecule has 0 aliphatic heterocycles. The van der Waals surface area contributed by atoms with Gasteiger partial charge < -0.3 is 14.8 Å². The number of esters is 2. The van der Waals surface area contributed by atoms with E-state index in [1.807, 2.05) is 0 Å². The van der Waals surface area contributed by atoms with E-state index < -0.39 is 17.9 Å². The van der Waals surface area contributed by atoms with Crippen LogP contribution in [0.4, 0.5) is 5.69 Å². The fourth-order valence-corrected chi connectivity index (χ4v) is 1.91. The van der Waals surface area contributed by atoms with Gasteiger partial charge in [0.2, 0.25) is 5.91 Å². The minimum atomic E-state index is -0.980. The molecule has 1 rings (SSSR count). The van der Waals surface area contributed by atoms with Crippen LogP contribution in [-0.4, -0.2) is 31.1 Å². The van der Waals surface area contributed by atoms with E-state index in [1.165, 1.54) is 6.92 Å². The molecule has 0 saturated carbocycles. The Morgan fingerprint density at radius 2 is 1.50 bits per heavy atom. The van der Waals surface area contributed by atoms with Crippen molar-refractivity contribution < 1.29 is 23.9 Å². The number of ether oxygens (including phenoxy) is 2. The zero-order valence-corrected chi connectivity index (χ0v) is 13.0. The smallest absolute Gasteiger partial charge is 0.320 e. The Bertz CT molecular complexity index is 506. The van der Waals surface area contributed by atoms with Gasteiger partial charge in [0.15, 0.2) is 5.92 Å². The molecule has 1 aromatic carbocycles. The van der Waals surface area contributed by atoms with E-state index in [4.69, 9.17) is 9.47 Å². The van der Waals surface area contributed by atoms with Crippen LogP contribution in [0.3, 0.4) is 0 Å². The summed E-state index contributed by atoms with van der Waals surface area (Å²) in [5.74, 6) is -2.33. The third-order valence-electron chi connectivity index (χ3n) is 2.86. The van der Waals surface area contributed by atoms with Gasteiger partial charge in [-0.25, -0.2) is 0 Å². The Morgan fingerprint density at radius 1 is 1.00 bits per heavy atom. The molecule has 0 aliphatic carbocycles. The highest BCUT2D eigenvalue weighted by Crippen LogP contribution is 2.16. The summed E-state index contributed by atoms with van der Waals surface area (Å²) < 4.78 is 9.85. The summed E-state index contributed by atoms with van der Waals surface area (Å²) in [7, 11) is 0. The highest BCUT2D eigenvalue weighted by atomic mass is 16.6. The quantitative estimate of drug-likeness (QED) is 0.615. The maximum Gasteiger partial charge on any atom is 0.320 e. The SMILES string of the molecule is CCOC(=O)C(Cc1ccc(NC(C)=O)cc1)C(=O)OCC. The van der Waals surface area contributed by atoms with Gasteiger partial charge in [0.25, 0.3) is 0 Å². The normalized spacial score (nSPS) is 10.2. The summed E-state index contributed by atoms with van der Waals surface area (Å²) in [4.78, 5) is 34.8. The van der Waals surface area contributed by atoms with Gasteiger partial charge in [0.05, 0.1) is 13.2 Å². The van der Waals surface area contributed by atoms with Crippen LogP contribution in [-0.2, 0) is 30.3 Å². The van der Waals surface area contributed by atoms with E-state index in [9.17, 15) is 14.4 Å². The maximum absolute atomic E-state index is 11.9. The van der Waals surface area contributed by atoms with Gasteiger partial charge in [-0.3, -0.25) is 14.4 Å². The molecule has 0 atom stereocenters. The fraction of sp³-hybridized carbons (Fsp3) is 0.438. The first kappa shape index (κ1) is 17.7. The van der Waals surface area contributed by atoms with Gasteiger partial charge in [0, 0.05) is 12.6 Å². The van der Waals surface area contributed by atoms with E-state index in [2.05, 4.69) is 5.32 Å². The molecular formula is C16H21NO5. The van der Waals surface area contributed by atoms with Crippen molar-refractivity contribution in [2.45, 2.75) is 27.2 Å². The van der Waals surface area contributed by atoms with Crippen molar-refractivity contribution in [2.75, 3.05) is 18.5 Å². The Labute approximate surface area is 129 Å². The van der Waals surface area contributed by atoms with E-state index in [1.54, 1.807) is 38.1 Å². The van der Waals surface area contributed by atoms with Crippen LogP contribution in [0.2, 0.25) is 0 Å². The Kier molecular flexibility index (Phi) is 7.08. The first-order chi connectivity index (χ1) is 10.5. The maximum atomic E-state index is 11.9. The first-order valence-electron chi connectivity index (χ1n) is 7.17. The molecule has 6 heteroatoms. The number of carbonyl (C=O) groups excluding carboxylic acids is 3. The Balaban J connectivity index is 2.82. The average molecular weight is 307 g/mol. The summed E-state index contributed by atoms with van der Waals surface area (Å²) in [6.07, 6.45) is 0.192. The van der Waals surface area contributed by atoms with Crippen LogP contribution in [0, 0.1) is 5.92 Å². The van der Waals surface area contributed by atoms with Crippen molar-refractivity contribution >= 4 is 23.5 Å². The molecule has 120 valence electrons. The van der Waals surface area contributed by atoms with Gasteiger partial charge in [-0.05, 0) is 38.0 Å². The molecular weight excluding hydrogens is 286 g/mol. The van der Waals surface area contributed by atoms with Crippen LogP contribution in [0.25, 0.3) is 0 Å². The van der Waals surface area contributed by atoms with Gasteiger partial charge >= 0.3 is 11.9 Å². The minimum Gasteiger partial charge on any atom is -0.465 e. The van der Waals surface area contributed by atoms with E-state index in [0.717, 1.165) is 5.56 Å². The Hall–Kier alpha value is -2.37. The number of carbonyl (C=O) groups is 3. The summed E-state index contributed by atoms with van der Waals surface area (Å²) >= 11 is 0. The molecule has 0 bridgehead atoms. The minimum absolute atomic E-state index is 0.163. The summed E-state index contributed by atoms with van der Waals surface area (Å²) in [6, 6.07) is 6.92. The number of amides is 1. The van der Waals surface area contributed by atoms with Crippen molar-refractivity contribution in [3.05, 3.63) is 29.8 Å². The summed E-state index contributed by atoms with van der Waals surface area (Å²) in [5, 5.41) is 2.65. The molecule has 0 saturated heterocycles. The van der Waals surface area contributed by atoms with Gasteiger partial charge in [-0.1, -0.05) is 12.1 Å². The van der Waals surface area contributed by atoms with Crippen molar-refractivity contribution in [3.8, 4) is 0 Å². The molecule has 0 radical (unpaired) electrons. The highest BCUT2D eigenvalue weighted by molar-refractivity contribution is 5.95. The number of benzene rings is 1. The third-order valence-corrected chi connectivity index (χ3v) is 2.86. The van der Waals surface area contributed by atoms with Crippen LogP contribution in [0.5, 0.6) is 0 Å². The molecule has 0 unspecified atom stereocenters. The predicted molar refractivity (Wildman–Crippen MR) is 81.2 cm³/mol. The molecule has 0 spiro atoms. The molecule has 6 nitrogen and oxygen atoms in total. The number of hydrogen-bond acceptors (Lipinski definition) is 5. The lowest BCUT2D eigenvalue weighted by Crippen LogP contribution is -2.30. The third kappa shape index (κ3) is 5.55. The molecule has 22 heavy (non-hydrogen) atoms. The molecule has 0 aliphatic rings. The van der Waals surface area contributed by atoms with Crippen molar-refractivity contribution in [3.63, 3.8) is 0 Å². The average Bonchev–Trinajstić information content (AvgIpc) is 2.46. The van der Waals surface area contributed by atoms with Gasteiger partial charge in [-0.2, -0.15) is 0 Å². The molecule has 1 amide bonds. The molecule has 0 aromatic heterocycles. The molecule has 0 heterocycles. The first-order valence-corrected chi connectivity index (χ1v) is 7.17. The van der Waals surface area contributed by atoms with Crippen molar-refractivity contribution in [2.24, 2.45) is 5.92 Å². The van der Waals surface area contributed by atoms with Gasteiger partial charge in [-0.15, -0.1) is 0 Å². The number of nitrogens with one attached hydrogen (secondary N) is 1. The zero-order valence-electron chi connectivity index (χ0n) is 13.0. The number of anilines is 1. The zero-order chi connectivity index (χ0) is 16.5. The van der Waals surface area contributed by atoms with Crippen LogP contribution in [0.15, 0.2) is 24.3 Å². The largest absolute Gasteiger partial charge is 0.465 e.